The topological polar surface area (TPSA) is 76.5 Å². The molecule has 4 heterocycles. The lowest BCUT2D eigenvalue weighted by Crippen LogP contribution is -2.47. The standard InChI is InChI=1S/C20H21FN6O2/c21-14-10-22-20(23-11-14)27-6-4-26(5-7-27)15-1-2-18-17(9-15)19(25-13-24-18)29-16-3-8-28-12-16/h1-2,9-11,13,16H,3-8,12H2. The molecule has 1 atom stereocenters. The van der Waals surface area contributed by atoms with E-state index in [4.69, 9.17) is 9.47 Å². The van der Waals surface area contributed by atoms with Gasteiger partial charge >= 0.3 is 0 Å². The van der Waals surface area contributed by atoms with E-state index in [2.05, 4.69) is 41.9 Å². The summed E-state index contributed by atoms with van der Waals surface area (Å²) >= 11 is 0. The molecule has 150 valence electrons. The van der Waals surface area contributed by atoms with Crippen LogP contribution in [-0.2, 0) is 4.74 Å². The smallest absolute Gasteiger partial charge is 0.225 e. The lowest BCUT2D eigenvalue weighted by atomic mass is 10.2. The largest absolute Gasteiger partial charge is 0.471 e. The van der Waals surface area contributed by atoms with Crippen LogP contribution in [0.5, 0.6) is 5.88 Å². The normalized spacial score (nSPS) is 19.7. The van der Waals surface area contributed by atoms with Gasteiger partial charge in [-0.2, -0.15) is 0 Å². The molecule has 0 radical (unpaired) electrons. The number of nitrogens with zero attached hydrogens (tertiary/aromatic N) is 6. The highest BCUT2D eigenvalue weighted by Crippen LogP contribution is 2.29. The minimum Gasteiger partial charge on any atom is -0.471 e. The van der Waals surface area contributed by atoms with Crippen LogP contribution in [0.2, 0.25) is 0 Å². The van der Waals surface area contributed by atoms with E-state index in [0.29, 0.717) is 18.4 Å². The summed E-state index contributed by atoms with van der Waals surface area (Å²) < 4.78 is 24.5. The zero-order chi connectivity index (χ0) is 19.6. The fourth-order valence-corrected chi connectivity index (χ4v) is 3.71. The molecule has 29 heavy (non-hydrogen) atoms. The van der Waals surface area contributed by atoms with E-state index in [0.717, 1.165) is 55.8 Å². The number of hydrogen-bond acceptors (Lipinski definition) is 8. The highest BCUT2D eigenvalue weighted by atomic mass is 19.1. The molecule has 2 saturated heterocycles. The van der Waals surface area contributed by atoms with Crippen molar-refractivity contribution in [2.45, 2.75) is 12.5 Å². The van der Waals surface area contributed by atoms with Crippen LogP contribution in [0.1, 0.15) is 6.42 Å². The molecule has 3 aromatic rings. The van der Waals surface area contributed by atoms with Gasteiger partial charge in [-0.25, -0.2) is 24.3 Å². The van der Waals surface area contributed by atoms with E-state index in [1.54, 1.807) is 0 Å². The summed E-state index contributed by atoms with van der Waals surface area (Å²) in [5, 5.41) is 0.904. The van der Waals surface area contributed by atoms with Crippen molar-refractivity contribution in [1.82, 2.24) is 19.9 Å². The van der Waals surface area contributed by atoms with Crippen molar-refractivity contribution in [2.24, 2.45) is 0 Å². The maximum absolute atomic E-state index is 13.0. The van der Waals surface area contributed by atoms with Gasteiger partial charge in [-0.15, -0.1) is 0 Å². The number of halogens is 1. The maximum Gasteiger partial charge on any atom is 0.225 e. The molecule has 2 aliphatic heterocycles. The molecule has 2 aromatic heterocycles. The molecule has 1 unspecified atom stereocenters. The van der Waals surface area contributed by atoms with Crippen LogP contribution in [0, 0.1) is 5.82 Å². The Balaban J connectivity index is 1.33. The highest BCUT2D eigenvalue weighted by Gasteiger charge is 2.22. The molecule has 0 N–H and O–H groups in total. The molecular weight excluding hydrogens is 375 g/mol. The molecule has 0 amide bonds. The van der Waals surface area contributed by atoms with Crippen LogP contribution in [0.15, 0.2) is 36.9 Å². The summed E-state index contributed by atoms with van der Waals surface area (Å²) in [6.07, 6.45) is 4.85. The van der Waals surface area contributed by atoms with Gasteiger partial charge in [0, 0.05) is 38.3 Å². The Morgan fingerprint density at radius 2 is 1.79 bits per heavy atom. The van der Waals surface area contributed by atoms with Gasteiger partial charge in [0.1, 0.15) is 12.4 Å². The van der Waals surface area contributed by atoms with Crippen LogP contribution >= 0.6 is 0 Å². The molecule has 0 bridgehead atoms. The first-order valence-corrected chi connectivity index (χ1v) is 9.73. The lowest BCUT2D eigenvalue weighted by Gasteiger charge is -2.36. The Morgan fingerprint density at radius 3 is 2.55 bits per heavy atom. The fraction of sp³-hybridized carbons (Fsp3) is 0.400. The molecule has 2 fully saturated rings. The van der Waals surface area contributed by atoms with Gasteiger partial charge in [0.25, 0.3) is 0 Å². The third-order valence-corrected chi connectivity index (χ3v) is 5.28. The summed E-state index contributed by atoms with van der Waals surface area (Å²) in [6.45, 7) is 4.47. The second-order valence-electron chi connectivity index (χ2n) is 7.16. The van der Waals surface area contributed by atoms with Crippen LogP contribution in [0.4, 0.5) is 16.0 Å². The van der Waals surface area contributed by atoms with E-state index in [9.17, 15) is 4.39 Å². The predicted octanol–water partition coefficient (Wildman–Crippen LogP) is 2.05. The van der Waals surface area contributed by atoms with Crippen LogP contribution in [0.25, 0.3) is 10.9 Å². The monoisotopic (exact) mass is 396 g/mol. The number of fused-ring (bicyclic) bond motifs is 1. The van der Waals surface area contributed by atoms with Crippen molar-refractivity contribution in [1.29, 1.82) is 0 Å². The van der Waals surface area contributed by atoms with Crippen molar-refractivity contribution in [3.8, 4) is 5.88 Å². The second kappa shape index (κ2) is 7.75. The Labute approximate surface area is 167 Å². The van der Waals surface area contributed by atoms with E-state index >= 15 is 0 Å². The Morgan fingerprint density at radius 1 is 1.00 bits per heavy atom. The first-order valence-electron chi connectivity index (χ1n) is 9.73. The van der Waals surface area contributed by atoms with Crippen LogP contribution < -0.4 is 14.5 Å². The van der Waals surface area contributed by atoms with Gasteiger partial charge in [-0.1, -0.05) is 0 Å². The summed E-state index contributed by atoms with van der Waals surface area (Å²) in [5.41, 5.74) is 1.95. The number of aromatic nitrogens is 4. The third-order valence-electron chi connectivity index (χ3n) is 5.28. The predicted molar refractivity (Wildman–Crippen MR) is 106 cm³/mol. The quantitative estimate of drug-likeness (QED) is 0.663. The molecule has 0 aliphatic carbocycles. The third kappa shape index (κ3) is 3.77. The maximum atomic E-state index is 13.0. The Bertz CT molecular complexity index is 988. The first-order chi connectivity index (χ1) is 14.3. The fourth-order valence-electron chi connectivity index (χ4n) is 3.71. The lowest BCUT2D eigenvalue weighted by molar-refractivity contribution is 0.139. The molecular formula is C20H21FN6O2. The van der Waals surface area contributed by atoms with Crippen molar-refractivity contribution in [3.05, 3.63) is 42.7 Å². The number of piperazine rings is 1. The van der Waals surface area contributed by atoms with Crippen molar-refractivity contribution >= 4 is 22.5 Å². The van der Waals surface area contributed by atoms with Crippen LogP contribution in [0.3, 0.4) is 0 Å². The molecule has 8 nitrogen and oxygen atoms in total. The molecule has 9 heteroatoms. The molecule has 0 spiro atoms. The van der Waals surface area contributed by atoms with Gasteiger partial charge < -0.3 is 19.3 Å². The van der Waals surface area contributed by atoms with Crippen LogP contribution in [-0.4, -0.2) is 65.4 Å². The van der Waals surface area contributed by atoms with Gasteiger partial charge in [-0.05, 0) is 18.2 Å². The number of ether oxygens (including phenoxy) is 2. The van der Waals surface area contributed by atoms with E-state index in [1.165, 1.54) is 18.7 Å². The van der Waals surface area contributed by atoms with Gasteiger partial charge in [0.2, 0.25) is 11.8 Å². The summed E-state index contributed by atoms with van der Waals surface area (Å²) in [4.78, 5) is 21.2. The summed E-state index contributed by atoms with van der Waals surface area (Å²) in [7, 11) is 0. The van der Waals surface area contributed by atoms with E-state index in [-0.39, 0.29) is 6.10 Å². The van der Waals surface area contributed by atoms with Gasteiger partial charge in [0.15, 0.2) is 5.82 Å². The number of anilines is 2. The summed E-state index contributed by atoms with van der Waals surface area (Å²) in [5.74, 6) is 0.742. The number of benzene rings is 1. The molecule has 1 aromatic carbocycles. The Hall–Kier alpha value is -3.07. The van der Waals surface area contributed by atoms with Crippen molar-refractivity contribution < 1.29 is 13.9 Å². The minimum absolute atomic E-state index is 0.0380. The second-order valence-corrected chi connectivity index (χ2v) is 7.16. The Kier molecular flexibility index (Phi) is 4.81. The highest BCUT2D eigenvalue weighted by molar-refractivity contribution is 5.86. The number of rotatable bonds is 4. The van der Waals surface area contributed by atoms with E-state index < -0.39 is 5.82 Å². The van der Waals surface area contributed by atoms with Crippen molar-refractivity contribution in [2.75, 3.05) is 49.2 Å². The average molecular weight is 396 g/mol. The minimum atomic E-state index is -0.423. The molecule has 5 rings (SSSR count). The first kappa shape index (κ1) is 18.0. The zero-order valence-corrected chi connectivity index (χ0v) is 15.9. The van der Waals surface area contributed by atoms with Crippen molar-refractivity contribution in [3.63, 3.8) is 0 Å². The van der Waals surface area contributed by atoms with Gasteiger partial charge in [0.05, 0.1) is 36.5 Å². The summed E-state index contributed by atoms with van der Waals surface area (Å²) in [6, 6.07) is 6.16. The van der Waals surface area contributed by atoms with E-state index in [1.807, 2.05) is 6.07 Å². The average Bonchev–Trinajstić information content (AvgIpc) is 3.28. The zero-order valence-electron chi connectivity index (χ0n) is 15.9. The molecule has 2 aliphatic rings. The van der Waals surface area contributed by atoms with Gasteiger partial charge in [-0.3, -0.25) is 0 Å². The number of hydrogen-bond donors (Lipinski definition) is 0. The SMILES string of the molecule is Fc1cnc(N2CCN(c3ccc4ncnc(OC5CCOC5)c4c3)CC2)nc1. The molecule has 0 saturated carbocycles.